The van der Waals surface area contributed by atoms with Crippen LogP contribution in [0.3, 0.4) is 0 Å². The minimum absolute atomic E-state index is 0.218. The SMILES string of the molecule is CN1CC[C@H](c2ccc(Cl)c(Cl)c2)[C@H](CO)C1.O=C(O)/C=C/C(=O)O. The zero-order valence-electron chi connectivity index (χ0n) is 13.7. The molecule has 0 bridgehead atoms. The quantitative estimate of drug-likeness (QED) is 0.684. The van der Waals surface area contributed by atoms with Crippen LogP contribution < -0.4 is 0 Å². The van der Waals surface area contributed by atoms with Crippen molar-refractivity contribution >= 4 is 35.1 Å². The highest BCUT2D eigenvalue weighted by Crippen LogP contribution is 2.35. The van der Waals surface area contributed by atoms with Crippen molar-refractivity contribution in [2.45, 2.75) is 12.3 Å². The lowest BCUT2D eigenvalue weighted by atomic mass is 9.81. The van der Waals surface area contributed by atoms with Gasteiger partial charge < -0.3 is 20.2 Å². The topological polar surface area (TPSA) is 98.1 Å². The molecule has 1 aliphatic rings. The number of benzene rings is 1. The highest BCUT2D eigenvalue weighted by Gasteiger charge is 2.28. The number of piperidine rings is 1. The molecule has 1 heterocycles. The molecule has 0 amide bonds. The number of rotatable bonds is 4. The molecule has 2 rings (SSSR count). The summed E-state index contributed by atoms with van der Waals surface area (Å²) in [7, 11) is 2.09. The number of aliphatic carboxylic acids is 2. The Morgan fingerprint density at radius 1 is 1.20 bits per heavy atom. The van der Waals surface area contributed by atoms with Crippen molar-refractivity contribution in [2.75, 3.05) is 26.7 Å². The van der Waals surface area contributed by atoms with E-state index in [2.05, 4.69) is 11.9 Å². The van der Waals surface area contributed by atoms with Gasteiger partial charge in [-0.25, -0.2) is 9.59 Å². The van der Waals surface area contributed by atoms with Crippen LogP contribution in [0.4, 0.5) is 0 Å². The summed E-state index contributed by atoms with van der Waals surface area (Å²) in [5.41, 5.74) is 1.19. The molecule has 6 nitrogen and oxygen atoms in total. The van der Waals surface area contributed by atoms with Crippen molar-refractivity contribution in [3.63, 3.8) is 0 Å². The van der Waals surface area contributed by atoms with Crippen molar-refractivity contribution in [1.29, 1.82) is 0 Å². The van der Waals surface area contributed by atoms with E-state index >= 15 is 0 Å². The third kappa shape index (κ3) is 7.44. The Morgan fingerprint density at radius 2 is 1.80 bits per heavy atom. The first-order chi connectivity index (χ1) is 11.7. The molecule has 0 unspecified atom stereocenters. The normalized spacial score (nSPS) is 20.8. The zero-order chi connectivity index (χ0) is 19.0. The molecule has 0 aromatic heterocycles. The summed E-state index contributed by atoms with van der Waals surface area (Å²) in [5.74, 6) is -1.85. The third-order valence-electron chi connectivity index (χ3n) is 3.91. The molecule has 1 saturated heterocycles. The van der Waals surface area contributed by atoms with Crippen LogP contribution >= 0.6 is 23.2 Å². The van der Waals surface area contributed by atoms with Crippen molar-refractivity contribution in [1.82, 2.24) is 4.90 Å². The second kappa shape index (κ2) is 10.4. The number of halogens is 2. The molecule has 1 aliphatic heterocycles. The van der Waals surface area contributed by atoms with Gasteiger partial charge in [0.2, 0.25) is 0 Å². The van der Waals surface area contributed by atoms with Crippen LogP contribution in [-0.2, 0) is 9.59 Å². The first-order valence-corrected chi connectivity index (χ1v) is 8.38. The van der Waals surface area contributed by atoms with E-state index in [-0.39, 0.29) is 12.5 Å². The largest absolute Gasteiger partial charge is 0.478 e. The lowest BCUT2D eigenvalue weighted by Gasteiger charge is -2.36. The maximum atomic E-state index is 9.55. The molecule has 1 aromatic rings. The molecule has 1 fully saturated rings. The van der Waals surface area contributed by atoms with E-state index in [0.717, 1.165) is 19.5 Å². The number of nitrogens with zero attached hydrogens (tertiary/aromatic N) is 1. The number of hydrogen-bond donors (Lipinski definition) is 3. The fraction of sp³-hybridized carbons (Fsp3) is 0.412. The summed E-state index contributed by atoms with van der Waals surface area (Å²) >= 11 is 12.0. The predicted molar refractivity (Wildman–Crippen MR) is 96.3 cm³/mol. The van der Waals surface area contributed by atoms with Gasteiger partial charge in [0.05, 0.1) is 10.0 Å². The smallest absolute Gasteiger partial charge is 0.328 e. The highest BCUT2D eigenvalue weighted by atomic mass is 35.5. The van der Waals surface area contributed by atoms with E-state index in [9.17, 15) is 14.7 Å². The van der Waals surface area contributed by atoms with Gasteiger partial charge in [-0.3, -0.25) is 0 Å². The van der Waals surface area contributed by atoms with Crippen LogP contribution in [0.2, 0.25) is 10.0 Å². The van der Waals surface area contributed by atoms with E-state index in [1.54, 1.807) is 0 Å². The zero-order valence-corrected chi connectivity index (χ0v) is 15.2. The molecular weight excluding hydrogens is 369 g/mol. The van der Waals surface area contributed by atoms with Crippen molar-refractivity contribution in [3.8, 4) is 0 Å². The van der Waals surface area contributed by atoms with Gasteiger partial charge in [-0.15, -0.1) is 0 Å². The summed E-state index contributed by atoms with van der Waals surface area (Å²) in [6, 6.07) is 5.79. The van der Waals surface area contributed by atoms with Gasteiger partial charge in [-0.05, 0) is 43.6 Å². The fourth-order valence-electron chi connectivity index (χ4n) is 2.72. The van der Waals surface area contributed by atoms with Crippen LogP contribution in [0.5, 0.6) is 0 Å². The molecule has 0 aliphatic carbocycles. The lowest BCUT2D eigenvalue weighted by Crippen LogP contribution is -2.38. The number of aliphatic hydroxyl groups excluding tert-OH is 1. The lowest BCUT2D eigenvalue weighted by molar-refractivity contribution is -0.134. The van der Waals surface area contributed by atoms with Gasteiger partial charge in [0, 0.05) is 31.2 Å². The van der Waals surface area contributed by atoms with Crippen LogP contribution in [-0.4, -0.2) is 58.9 Å². The van der Waals surface area contributed by atoms with E-state index in [1.807, 2.05) is 18.2 Å². The summed E-state index contributed by atoms with van der Waals surface area (Å²) in [6.07, 6.45) is 2.17. The van der Waals surface area contributed by atoms with Gasteiger partial charge >= 0.3 is 11.9 Å². The number of carbonyl (C=O) groups is 2. The van der Waals surface area contributed by atoms with Crippen molar-refractivity contribution in [3.05, 3.63) is 46.0 Å². The van der Waals surface area contributed by atoms with E-state index in [4.69, 9.17) is 33.4 Å². The molecule has 0 saturated carbocycles. The Balaban J connectivity index is 0.000000333. The Morgan fingerprint density at radius 3 is 2.28 bits per heavy atom. The average molecular weight is 390 g/mol. The highest BCUT2D eigenvalue weighted by molar-refractivity contribution is 6.42. The molecule has 138 valence electrons. The molecule has 0 spiro atoms. The monoisotopic (exact) mass is 389 g/mol. The van der Waals surface area contributed by atoms with Gasteiger partial charge in [0.25, 0.3) is 0 Å². The van der Waals surface area contributed by atoms with Gasteiger partial charge in [0.1, 0.15) is 0 Å². The third-order valence-corrected chi connectivity index (χ3v) is 4.65. The predicted octanol–water partition coefficient (Wildman–Crippen LogP) is 2.73. The average Bonchev–Trinajstić information content (AvgIpc) is 2.56. The summed E-state index contributed by atoms with van der Waals surface area (Å²) in [6.45, 7) is 2.21. The van der Waals surface area contributed by atoms with Crippen molar-refractivity contribution in [2.24, 2.45) is 5.92 Å². The first-order valence-electron chi connectivity index (χ1n) is 7.62. The molecule has 8 heteroatoms. The van der Waals surface area contributed by atoms with Crippen LogP contribution in [0.25, 0.3) is 0 Å². The van der Waals surface area contributed by atoms with E-state index in [0.29, 0.717) is 28.1 Å². The second-order valence-corrected chi connectivity index (χ2v) is 6.60. The minimum Gasteiger partial charge on any atom is -0.478 e. The Bertz CT molecular complexity index is 619. The Hall–Kier alpha value is -1.60. The second-order valence-electron chi connectivity index (χ2n) is 5.78. The maximum absolute atomic E-state index is 9.55. The van der Waals surface area contributed by atoms with Gasteiger partial charge in [-0.2, -0.15) is 0 Å². The fourth-order valence-corrected chi connectivity index (χ4v) is 3.03. The molecule has 0 radical (unpaired) electrons. The van der Waals surface area contributed by atoms with Crippen LogP contribution in [0, 0.1) is 5.92 Å². The van der Waals surface area contributed by atoms with Gasteiger partial charge in [-0.1, -0.05) is 29.3 Å². The maximum Gasteiger partial charge on any atom is 0.328 e. The molecule has 25 heavy (non-hydrogen) atoms. The molecule has 1 aromatic carbocycles. The summed E-state index contributed by atoms with van der Waals surface area (Å²) < 4.78 is 0. The van der Waals surface area contributed by atoms with Crippen molar-refractivity contribution < 1.29 is 24.9 Å². The van der Waals surface area contributed by atoms with E-state index < -0.39 is 11.9 Å². The number of likely N-dealkylation sites (tertiary alicyclic amines) is 1. The number of aliphatic hydroxyl groups is 1. The number of hydrogen-bond acceptors (Lipinski definition) is 4. The van der Waals surface area contributed by atoms with Crippen LogP contribution in [0.15, 0.2) is 30.4 Å². The minimum atomic E-state index is -1.26. The van der Waals surface area contributed by atoms with Crippen LogP contribution in [0.1, 0.15) is 17.9 Å². The molecule has 3 N–H and O–H groups in total. The Kier molecular flexibility index (Phi) is 8.92. The molecule has 2 atom stereocenters. The first kappa shape index (κ1) is 21.4. The standard InChI is InChI=1S/C13H17Cl2NO.C4H4O4/c1-16-5-4-11(10(7-16)8-17)9-2-3-12(14)13(15)6-9;5-3(6)1-2-4(7)8/h2-3,6,10-11,17H,4-5,7-8H2,1H3;1-2H,(H,5,6)(H,7,8)/b;2-1+/t10-,11+;/m0./s1. The molecular formula is C17H21Cl2NO5. The Labute approximate surface area is 156 Å². The van der Waals surface area contributed by atoms with E-state index in [1.165, 1.54) is 5.56 Å². The number of carboxylic acid groups (broad SMARTS) is 2. The van der Waals surface area contributed by atoms with Gasteiger partial charge in [0.15, 0.2) is 0 Å². The number of carboxylic acids is 2. The summed E-state index contributed by atoms with van der Waals surface area (Å²) in [5, 5.41) is 26.3. The summed E-state index contributed by atoms with van der Waals surface area (Å²) in [4.78, 5) is 21.4.